The molecule has 0 bridgehead atoms. The van der Waals surface area contributed by atoms with Gasteiger partial charge >= 0.3 is 0 Å². The molecule has 12 heavy (non-hydrogen) atoms. The van der Waals surface area contributed by atoms with Gasteiger partial charge in [-0.2, -0.15) is 0 Å². The summed E-state index contributed by atoms with van der Waals surface area (Å²) < 4.78 is 1.59. The van der Waals surface area contributed by atoms with E-state index in [9.17, 15) is 4.79 Å². The van der Waals surface area contributed by atoms with Crippen molar-refractivity contribution in [2.75, 3.05) is 0 Å². The molecule has 0 radical (unpaired) electrons. The third-order valence-electron chi connectivity index (χ3n) is 1.63. The first-order valence-electron chi connectivity index (χ1n) is 3.40. The van der Waals surface area contributed by atoms with E-state index >= 15 is 0 Å². The predicted molar refractivity (Wildman–Crippen MR) is 45.6 cm³/mol. The zero-order valence-corrected chi connectivity index (χ0v) is 6.82. The molecule has 0 atom stereocenters. The quantitative estimate of drug-likeness (QED) is 0.496. The lowest BCUT2D eigenvalue weighted by atomic mass is 10.4. The average molecular weight is 181 g/mol. The minimum absolute atomic E-state index is 0.468. The molecule has 0 N–H and O–H groups in total. The van der Waals surface area contributed by atoms with Gasteiger partial charge in [0.15, 0.2) is 6.29 Å². The lowest BCUT2D eigenvalue weighted by molar-refractivity contribution is 0.111. The molecule has 0 spiro atoms. The third kappa shape index (κ3) is 0.905. The Labute approximate surface area is 73.6 Å². The summed E-state index contributed by atoms with van der Waals surface area (Å²) in [6.07, 6.45) is 2.22. The van der Waals surface area contributed by atoms with Crippen LogP contribution < -0.4 is 0 Å². The second-order valence-electron chi connectivity index (χ2n) is 2.34. The van der Waals surface area contributed by atoms with Crippen LogP contribution in [-0.4, -0.2) is 15.7 Å². The average Bonchev–Trinajstić information content (AvgIpc) is 2.49. The molecular weight excluding hydrogens is 176 g/mol. The van der Waals surface area contributed by atoms with E-state index in [-0.39, 0.29) is 0 Å². The van der Waals surface area contributed by atoms with Gasteiger partial charge in [0.05, 0.1) is 6.20 Å². The number of carbonyl (C=O) groups excluding carboxylic acids is 1. The van der Waals surface area contributed by atoms with Crippen molar-refractivity contribution in [1.82, 2.24) is 9.38 Å². The molecule has 0 aliphatic heterocycles. The SMILES string of the molecule is O=Cc1cnc2cccc(Cl)n12. The van der Waals surface area contributed by atoms with Crippen LogP contribution in [-0.2, 0) is 0 Å². The molecular formula is C8H5ClN2O. The summed E-state index contributed by atoms with van der Waals surface area (Å²) in [5.41, 5.74) is 1.15. The Bertz CT molecular complexity index is 436. The number of nitrogens with zero attached hydrogens (tertiary/aromatic N) is 2. The van der Waals surface area contributed by atoms with E-state index in [0.29, 0.717) is 16.5 Å². The van der Waals surface area contributed by atoms with E-state index in [4.69, 9.17) is 11.6 Å². The molecule has 60 valence electrons. The molecule has 0 aliphatic carbocycles. The lowest BCUT2D eigenvalue weighted by Gasteiger charge is -1.96. The van der Waals surface area contributed by atoms with E-state index < -0.39 is 0 Å². The van der Waals surface area contributed by atoms with Crippen LogP contribution >= 0.6 is 11.6 Å². The van der Waals surface area contributed by atoms with E-state index in [1.165, 1.54) is 6.20 Å². The molecule has 0 aliphatic rings. The van der Waals surface area contributed by atoms with Crippen molar-refractivity contribution >= 4 is 23.5 Å². The van der Waals surface area contributed by atoms with E-state index in [1.807, 2.05) is 0 Å². The van der Waals surface area contributed by atoms with Crippen molar-refractivity contribution in [3.63, 3.8) is 0 Å². The van der Waals surface area contributed by atoms with Crippen LogP contribution in [0.5, 0.6) is 0 Å². The van der Waals surface area contributed by atoms with Gasteiger partial charge in [-0.15, -0.1) is 0 Å². The molecule has 0 unspecified atom stereocenters. The van der Waals surface area contributed by atoms with Crippen molar-refractivity contribution in [1.29, 1.82) is 0 Å². The van der Waals surface area contributed by atoms with Crippen LogP contribution in [0.4, 0.5) is 0 Å². The van der Waals surface area contributed by atoms with Crippen LogP contribution in [0.1, 0.15) is 10.5 Å². The van der Waals surface area contributed by atoms with Gasteiger partial charge in [0, 0.05) is 0 Å². The molecule has 2 heterocycles. The van der Waals surface area contributed by atoms with Gasteiger partial charge in [0.1, 0.15) is 16.5 Å². The van der Waals surface area contributed by atoms with Crippen LogP contribution in [0.15, 0.2) is 24.4 Å². The number of fused-ring (bicyclic) bond motifs is 1. The normalized spacial score (nSPS) is 10.4. The molecule has 4 heteroatoms. The monoisotopic (exact) mass is 180 g/mol. The summed E-state index contributed by atoms with van der Waals surface area (Å²) in [6, 6.07) is 5.29. The number of rotatable bonds is 1. The van der Waals surface area contributed by atoms with Gasteiger partial charge in [-0.25, -0.2) is 4.98 Å². The Morgan fingerprint density at radius 2 is 2.33 bits per heavy atom. The fourth-order valence-corrected chi connectivity index (χ4v) is 1.36. The van der Waals surface area contributed by atoms with Gasteiger partial charge in [0.25, 0.3) is 0 Å². The molecule has 0 aromatic carbocycles. The number of hydrogen-bond donors (Lipinski definition) is 0. The van der Waals surface area contributed by atoms with Crippen molar-refractivity contribution < 1.29 is 4.79 Å². The number of imidazole rings is 1. The minimum atomic E-state index is 0.468. The summed E-state index contributed by atoms with van der Waals surface area (Å²) in [4.78, 5) is 14.5. The van der Waals surface area contributed by atoms with Gasteiger partial charge in [-0.1, -0.05) is 17.7 Å². The van der Waals surface area contributed by atoms with Gasteiger partial charge in [0.2, 0.25) is 0 Å². The van der Waals surface area contributed by atoms with Crippen molar-refractivity contribution in [3.8, 4) is 0 Å². The summed E-state index contributed by atoms with van der Waals surface area (Å²) >= 11 is 5.85. The standard InChI is InChI=1S/C8H5ClN2O/c9-7-2-1-3-8-10-4-6(5-12)11(7)8/h1-5H. The van der Waals surface area contributed by atoms with E-state index in [0.717, 1.165) is 6.29 Å². The Kier molecular flexibility index (Phi) is 1.59. The van der Waals surface area contributed by atoms with Crippen LogP contribution in [0, 0.1) is 0 Å². The molecule has 2 aromatic rings. The van der Waals surface area contributed by atoms with E-state index in [2.05, 4.69) is 4.98 Å². The largest absolute Gasteiger partial charge is 0.296 e. The second-order valence-corrected chi connectivity index (χ2v) is 2.73. The van der Waals surface area contributed by atoms with Crippen molar-refractivity contribution in [2.45, 2.75) is 0 Å². The third-order valence-corrected chi connectivity index (χ3v) is 1.92. The zero-order chi connectivity index (χ0) is 8.55. The Balaban J connectivity index is 2.91. The first-order valence-corrected chi connectivity index (χ1v) is 3.78. The minimum Gasteiger partial charge on any atom is -0.296 e. The maximum Gasteiger partial charge on any atom is 0.168 e. The molecule has 0 amide bonds. The zero-order valence-electron chi connectivity index (χ0n) is 6.07. The number of hydrogen-bond acceptors (Lipinski definition) is 2. The molecule has 3 nitrogen and oxygen atoms in total. The Morgan fingerprint density at radius 3 is 3.08 bits per heavy atom. The number of aldehydes is 1. The van der Waals surface area contributed by atoms with Gasteiger partial charge < -0.3 is 0 Å². The highest BCUT2D eigenvalue weighted by molar-refractivity contribution is 6.29. The summed E-state index contributed by atoms with van der Waals surface area (Å²) in [7, 11) is 0. The molecule has 2 rings (SSSR count). The van der Waals surface area contributed by atoms with Gasteiger partial charge in [-0.05, 0) is 12.1 Å². The number of aromatic nitrogens is 2. The first kappa shape index (κ1) is 7.31. The molecule has 0 saturated carbocycles. The fraction of sp³-hybridized carbons (Fsp3) is 0. The summed E-state index contributed by atoms with van der Waals surface area (Å²) in [5.74, 6) is 0. The lowest BCUT2D eigenvalue weighted by Crippen LogP contribution is -1.91. The van der Waals surface area contributed by atoms with Crippen LogP contribution in [0.3, 0.4) is 0 Å². The topological polar surface area (TPSA) is 34.4 Å². The number of halogens is 1. The van der Waals surface area contributed by atoms with Crippen LogP contribution in [0.2, 0.25) is 5.15 Å². The first-order chi connectivity index (χ1) is 5.83. The second kappa shape index (κ2) is 2.60. The summed E-state index contributed by atoms with van der Waals surface area (Å²) in [5, 5.41) is 0.493. The number of carbonyl (C=O) groups is 1. The molecule has 0 saturated heterocycles. The highest BCUT2D eigenvalue weighted by atomic mass is 35.5. The fourth-order valence-electron chi connectivity index (χ4n) is 1.10. The van der Waals surface area contributed by atoms with Crippen molar-refractivity contribution in [2.24, 2.45) is 0 Å². The molecule has 0 fully saturated rings. The van der Waals surface area contributed by atoms with Gasteiger partial charge in [-0.3, -0.25) is 9.20 Å². The predicted octanol–water partition coefficient (Wildman–Crippen LogP) is 1.80. The number of pyridine rings is 1. The highest BCUT2D eigenvalue weighted by Crippen LogP contribution is 2.13. The van der Waals surface area contributed by atoms with Crippen molar-refractivity contribution in [3.05, 3.63) is 35.2 Å². The smallest absolute Gasteiger partial charge is 0.168 e. The van der Waals surface area contributed by atoms with E-state index in [1.54, 1.807) is 22.6 Å². The maximum absolute atomic E-state index is 10.5. The highest BCUT2D eigenvalue weighted by Gasteiger charge is 2.03. The molecule has 2 aromatic heterocycles. The van der Waals surface area contributed by atoms with Crippen LogP contribution in [0.25, 0.3) is 5.65 Å². The summed E-state index contributed by atoms with van der Waals surface area (Å²) in [6.45, 7) is 0. The maximum atomic E-state index is 10.5. The Hall–Kier alpha value is -1.35. The Morgan fingerprint density at radius 1 is 1.50 bits per heavy atom.